The number of hydrogen-bond acceptors (Lipinski definition) is 2. The molecule has 1 aromatic carbocycles. The Kier molecular flexibility index (Phi) is 2.93. The Morgan fingerprint density at radius 2 is 1.94 bits per heavy atom. The van der Waals surface area contributed by atoms with Gasteiger partial charge in [-0.25, -0.2) is 0 Å². The van der Waals surface area contributed by atoms with Gasteiger partial charge in [-0.05, 0) is 42.6 Å². The van der Waals surface area contributed by atoms with Crippen LogP contribution in [0.15, 0.2) is 30.3 Å². The zero-order valence-corrected chi connectivity index (χ0v) is 10.3. The minimum atomic E-state index is -0.280. The van der Waals surface area contributed by atoms with E-state index in [0.29, 0.717) is 17.8 Å². The summed E-state index contributed by atoms with van der Waals surface area (Å²) in [5, 5.41) is 10.4. The quantitative estimate of drug-likeness (QED) is 0.845. The Balaban J connectivity index is 1.64. The Morgan fingerprint density at radius 3 is 2.53 bits per heavy atom. The lowest BCUT2D eigenvalue weighted by atomic mass is 10.0. The fourth-order valence-electron chi connectivity index (χ4n) is 2.95. The van der Waals surface area contributed by atoms with Crippen molar-refractivity contribution in [2.45, 2.75) is 37.4 Å². The maximum absolute atomic E-state index is 10.4. The number of ether oxygens (including phenoxy) is 1. The Hall–Kier alpha value is -0.860. The van der Waals surface area contributed by atoms with Gasteiger partial charge in [0, 0.05) is 7.11 Å². The molecular formula is C15H20O2. The third-order valence-corrected chi connectivity index (χ3v) is 4.20. The molecule has 2 fully saturated rings. The van der Waals surface area contributed by atoms with E-state index < -0.39 is 0 Å². The third kappa shape index (κ3) is 2.24. The fourth-order valence-corrected chi connectivity index (χ4v) is 2.95. The molecule has 0 saturated heterocycles. The van der Waals surface area contributed by atoms with Gasteiger partial charge in [0.25, 0.3) is 0 Å². The van der Waals surface area contributed by atoms with Crippen LogP contribution in [0.25, 0.3) is 0 Å². The smallest absolute Gasteiger partial charge is 0.0861 e. The van der Waals surface area contributed by atoms with Gasteiger partial charge < -0.3 is 9.84 Å². The van der Waals surface area contributed by atoms with Crippen molar-refractivity contribution in [1.82, 2.24) is 0 Å². The van der Waals surface area contributed by atoms with E-state index in [0.717, 1.165) is 6.42 Å². The van der Waals surface area contributed by atoms with Gasteiger partial charge in [0.05, 0.1) is 12.2 Å². The van der Waals surface area contributed by atoms with E-state index in [1.807, 2.05) is 6.07 Å². The summed E-state index contributed by atoms with van der Waals surface area (Å²) < 4.78 is 5.47. The monoisotopic (exact) mass is 232 g/mol. The molecule has 1 N–H and O–H groups in total. The van der Waals surface area contributed by atoms with Gasteiger partial charge >= 0.3 is 0 Å². The topological polar surface area (TPSA) is 29.5 Å². The van der Waals surface area contributed by atoms with Crippen molar-refractivity contribution >= 4 is 0 Å². The van der Waals surface area contributed by atoms with Crippen LogP contribution in [-0.4, -0.2) is 24.4 Å². The van der Waals surface area contributed by atoms with Crippen LogP contribution in [0.1, 0.15) is 30.7 Å². The SMILES string of the molecule is COC(C1CC1)C(O)C1CC1c1ccccc1. The molecule has 4 atom stereocenters. The first-order valence-corrected chi connectivity index (χ1v) is 6.57. The molecular weight excluding hydrogens is 212 g/mol. The Bertz CT molecular complexity index is 372. The summed E-state index contributed by atoms with van der Waals surface area (Å²) in [5.74, 6) is 1.55. The molecule has 92 valence electrons. The standard InChI is InChI=1S/C15H20O2/c1-17-15(11-7-8-11)14(16)13-9-12(13)10-5-3-2-4-6-10/h2-6,11-16H,7-9H2,1H3. The van der Waals surface area contributed by atoms with Crippen molar-refractivity contribution in [1.29, 1.82) is 0 Å². The highest BCUT2D eigenvalue weighted by atomic mass is 16.5. The van der Waals surface area contributed by atoms with E-state index in [2.05, 4.69) is 24.3 Å². The summed E-state index contributed by atoms with van der Waals surface area (Å²) in [5.41, 5.74) is 1.36. The zero-order chi connectivity index (χ0) is 11.8. The highest BCUT2D eigenvalue weighted by Gasteiger charge is 2.49. The van der Waals surface area contributed by atoms with Gasteiger partial charge in [-0.2, -0.15) is 0 Å². The Labute approximate surface area is 103 Å². The van der Waals surface area contributed by atoms with Gasteiger partial charge in [-0.3, -0.25) is 0 Å². The normalized spacial score (nSPS) is 30.9. The van der Waals surface area contributed by atoms with Gasteiger partial charge in [0.15, 0.2) is 0 Å². The molecule has 2 saturated carbocycles. The van der Waals surface area contributed by atoms with Gasteiger partial charge in [-0.1, -0.05) is 30.3 Å². The van der Waals surface area contributed by atoms with Crippen LogP contribution >= 0.6 is 0 Å². The average molecular weight is 232 g/mol. The molecule has 0 bridgehead atoms. The molecule has 0 aliphatic heterocycles. The maximum Gasteiger partial charge on any atom is 0.0861 e. The molecule has 4 unspecified atom stereocenters. The summed E-state index contributed by atoms with van der Waals surface area (Å²) in [6.07, 6.45) is 3.33. The van der Waals surface area contributed by atoms with Gasteiger partial charge in [0.2, 0.25) is 0 Å². The number of methoxy groups -OCH3 is 1. The molecule has 2 heteroatoms. The zero-order valence-electron chi connectivity index (χ0n) is 10.3. The predicted molar refractivity (Wildman–Crippen MR) is 66.8 cm³/mol. The van der Waals surface area contributed by atoms with Crippen LogP contribution < -0.4 is 0 Å². The van der Waals surface area contributed by atoms with E-state index in [-0.39, 0.29) is 12.2 Å². The van der Waals surface area contributed by atoms with Crippen LogP contribution in [-0.2, 0) is 4.74 Å². The van der Waals surface area contributed by atoms with Crippen LogP contribution in [0, 0.1) is 11.8 Å². The van der Waals surface area contributed by atoms with Crippen molar-refractivity contribution in [3.63, 3.8) is 0 Å². The summed E-state index contributed by atoms with van der Waals surface area (Å²) in [4.78, 5) is 0. The molecule has 17 heavy (non-hydrogen) atoms. The van der Waals surface area contributed by atoms with Crippen molar-refractivity contribution in [2.75, 3.05) is 7.11 Å². The summed E-state index contributed by atoms with van der Waals surface area (Å²) >= 11 is 0. The first kappa shape index (κ1) is 11.2. The molecule has 2 aliphatic carbocycles. The molecule has 3 rings (SSSR count). The van der Waals surface area contributed by atoms with Crippen molar-refractivity contribution in [3.05, 3.63) is 35.9 Å². The maximum atomic E-state index is 10.4. The second-order valence-corrected chi connectivity index (χ2v) is 5.45. The van der Waals surface area contributed by atoms with Crippen LogP contribution in [0.2, 0.25) is 0 Å². The lowest BCUT2D eigenvalue weighted by Crippen LogP contribution is -2.32. The average Bonchev–Trinajstić information content (AvgIpc) is 3.24. The first-order chi connectivity index (χ1) is 8.31. The molecule has 2 aliphatic rings. The summed E-state index contributed by atoms with van der Waals surface area (Å²) in [6.45, 7) is 0. The molecule has 0 radical (unpaired) electrons. The molecule has 1 aromatic rings. The van der Waals surface area contributed by atoms with E-state index in [9.17, 15) is 5.11 Å². The highest BCUT2D eigenvalue weighted by Crippen LogP contribution is 2.52. The number of hydrogen-bond donors (Lipinski definition) is 1. The van der Waals surface area contributed by atoms with E-state index in [4.69, 9.17) is 4.74 Å². The van der Waals surface area contributed by atoms with E-state index in [1.165, 1.54) is 18.4 Å². The second-order valence-electron chi connectivity index (χ2n) is 5.45. The second kappa shape index (κ2) is 4.43. The van der Waals surface area contributed by atoms with E-state index >= 15 is 0 Å². The molecule has 2 nitrogen and oxygen atoms in total. The molecule has 0 heterocycles. The Morgan fingerprint density at radius 1 is 1.24 bits per heavy atom. The minimum absolute atomic E-state index is 0.0636. The number of rotatable bonds is 5. The number of benzene rings is 1. The fraction of sp³-hybridized carbons (Fsp3) is 0.600. The lowest BCUT2D eigenvalue weighted by molar-refractivity contribution is -0.0355. The van der Waals surface area contributed by atoms with Crippen molar-refractivity contribution in [2.24, 2.45) is 11.8 Å². The predicted octanol–water partition coefficient (Wildman–Crippen LogP) is 2.58. The molecule has 0 aromatic heterocycles. The van der Waals surface area contributed by atoms with Gasteiger partial charge in [0.1, 0.15) is 0 Å². The first-order valence-electron chi connectivity index (χ1n) is 6.57. The highest BCUT2D eigenvalue weighted by molar-refractivity contribution is 5.26. The third-order valence-electron chi connectivity index (χ3n) is 4.20. The van der Waals surface area contributed by atoms with Crippen molar-refractivity contribution in [3.8, 4) is 0 Å². The van der Waals surface area contributed by atoms with E-state index in [1.54, 1.807) is 7.11 Å². The summed E-state index contributed by atoms with van der Waals surface area (Å²) in [6, 6.07) is 10.5. The number of aliphatic hydroxyl groups is 1. The minimum Gasteiger partial charge on any atom is -0.390 e. The molecule has 0 spiro atoms. The lowest BCUT2D eigenvalue weighted by Gasteiger charge is -2.21. The van der Waals surface area contributed by atoms with Crippen molar-refractivity contribution < 1.29 is 9.84 Å². The van der Waals surface area contributed by atoms with Gasteiger partial charge in [-0.15, -0.1) is 0 Å². The van der Waals surface area contributed by atoms with Crippen LogP contribution in [0.3, 0.4) is 0 Å². The molecule has 0 amide bonds. The number of aliphatic hydroxyl groups excluding tert-OH is 1. The van der Waals surface area contributed by atoms with Crippen LogP contribution in [0.4, 0.5) is 0 Å². The van der Waals surface area contributed by atoms with Crippen LogP contribution in [0.5, 0.6) is 0 Å². The largest absolute Gasteiger partial charge is 0.390 e. The summed E-state index contributed by atoms with van der Waals surface area (Å²) in [7, 11) is 1.73.